The largest absolute Gasteiger partial charge is 0.459 e. The van der Waals surface area contributed by atoms with Gasteiger partial charge in [0.15, 0.2) is 11.2 Å². The number of rotatable bonds is 6. The first kappa shape index (κ1) is 18.6. The lowest BCUT2D eigenvalue weighted by Gasteiger charge is -2.19. The van der Waals surface area contributed by atoms with E-state index in [0.717, 1.165) is 5.57 Å². The smallest absolute Gasteiger partial charge is 0.413 e. The normalized spacial score (nSPS) is 11.0. The Balaban J connectivity index is 2.79. The second-order valence-electron chi connectivity index (χ2n) is 4.73. The molecule has 6 nitrogen and oxygen atoms in total. The zero-order chi connectivity index (χ0) is 17.2. The Bertz CT molecular complexity index is 575. The molecule has 2 N–H and O–H groups in total. The summed E-state index contributed by atoms with van der Waals surface area (Å²) in [6, 6.07) is 8.08. The molecule has 0 aliphatic carbocycles. The van der Waals surface area contributed by atoms with Crippen LogP contribution in [0.15, 0.2) is 42.5 Å². The van der Waals surface area contributed by atoms with E-state index < -0.39 is 18.1 Å². The highest BCUT2D eigenvalue weighted by Crippen LogP contribution is 2.14. The third-order valence-corrected chi connectivity index (χ3v) is 2.82. The summed E-state index contributed by atoms with van der Waals surface area (Å²) >= 11 is 5.03. The topological polar surface area (TPSA) is 76.7 Å². The number of carbonyl (C=O) groups excluding carboxylic acids is 2. The molecule has 0 saturated heterocycles. The third kappa shape index (κ3) is 6.92. The molecule has 0 bridgehead atoms. The summed E-state index contributed by atoms with van der Waals surface area (Å²) < 4.78 is 9.90. The van der Waals surface area contributed by atoms with E-state index >= 15 is 0 Å². The molecular weight excluding hydrogens is 316 g/mol. The van der Waals surface area contributed by atoms with Crippen LogP contribution in [0.5, 0.6) is 0 Å². The fourth-order valence-corrected chi connectivity index (χ4v) is 1.83. The highest BCUT2D eigenvalue weighted by molar-refractivity contribution is 7.80. The van der Waals surface area contributed by atoms with Crippen molar-refractivity contribution < 1.29 is 19.1 Å². The van der Waals surface area contributed by atoms with Gasteiger partial charge in [-0.2, -0.15) is 0 Å². The lowest BCUT2D eigenvalue weighted by molar-refractivity contribution is -0.145. The molecule has 1 aromatic rings. The molecule has 1 amide bonds. The summed E-state index contributed by atoms with van der Waals surface area (Å²) in [5.74, 6) is -0.521. The van der Waals surface area contributed by atoms with Crippen LogP contribution in [0.2, 0.25) is 0 Å². The minimum atomic E-state index is -0.843. The number of ether oxygens (including phenoxy) is 2. The molecule has 0 saturated carbocycles. The number of alkyl carbamates (subject to hydrolysis) is 1. The number of hydrogen-bond donors (Lipinski definition) is 2. The van der Waals surface area contributed by atoms with Gasteiger partial charge in [0.25, 0.3) is 0 Å². The van der Waals surface area contributed by atoms with Crippen LogP contribution in [0.1, 0.15) is 25.5 Å². The Hall–Kier alpha value is -2.41. The van der Waals surface area contributed by atoms with Gasteiger partial charge in [-0.15, -0.1) is 0 Å². The number of hydrogen-bond acceptors (Lipinski definition) is 5. The van der Waals surface area contributed by atoms with E-state index in [4.69, 9.17) is 21.7 Å². The van der Waals surface area contributed by atoms with Gasteiger partial charge in [0.1, 0.15) is 6.61 Å². The zero-order valence-corrected chi connectivity index (χ0v) is 13.9. The molecule has 0 aromatic heterocycles. The van der Waals surface area contributed by atoms with Gasteiger partial charge in [-0.3, -0.25) is 5.32 Å². The SMILES string of the molecule is C=C(C)COC(=O)C(NC(=S)NC(=O)OCC)c1ccccc1. The second-order valence-corrected chi connectivity index (χ2v) is 5.14. The van der Waals surface area contributed by atoms with Crippen molar-refractivity contribution >= 4 is 29.4 Å². The van der Waals surface area contributed by atoms with Gasteiger partial charge in [-0.05, 0) is 37.2 Å². The van der Waals surface area contributed by atoms with Gasteiger partial charge < -0.3 is 14.8 Å². The first-order valence-corrected chi connectivity index (χ1v) is 7.45. The van der Waals surface area contributed by atoms with E-state index in [1.165, 1.54) is 0 Å². The zero-order valence-electron chi connectivity index (χ0n) is 13.1. The van der Waals surface area contributed by atoms with E-state index in [2.05, 4.69) is 17.2 Å². The quantitative estimate of drug-likeness (QED) is 0.472. The minimum absolute atomic E-state index is 0.0235. The Morgan fingerprint density at radius 2 is 1.91 bits per heavy atom. The number of carbonyl (C=O) groups is 2. The van der Waals surface area contributed by atoms with Crippen LogP contribution in [-0.4, -0.2) is 30.4 Å². The molecule has 0 spiro atoms. The van der Waals surface area contributed by atoms with Gasteiger partial charge in [0, 0.05) is 0 Å². The fraction of sp³-hybridized carbons (Fsp3) is 0.312. The van der Waals surface area contributed by atoms with E-state index in [1.54, 1.807) is 38.1 Å². The Morgan fingerprint density at radius 3 is 2.48 bits per heavy atom. The lowest BCUT2D eigenvalue weighted by atomic mass is 10.1. The fourth-order valence-electron chi connectivity index (χ4n) is 1.63. The molecule has 1 rings (SSSR count). The van der Waals surface area contributed by atoms with Crippen molar-refractivity contribution in [2.45, 2.75) is 19.9 Å². The van der Waals surface area contributed by atoms with Crippen molar-refractivity contribution in [2.75, 3.05) is 13.2 Å². The number of benzene rings is 1. The van der Waals surface area contributed by atoms with Crippen LogP contribution in [0.3, 0.4) is 0 Å². The molecule has 0 aliphatic rings. The minimum Gasteiger partial charge on any atom is -0.459 e. The monoisotopic (exact) mass is 336 g/mol. The van der Waals surface area contributed by atoms with Crippen LogP contribution in [-0.2, 0) is 14.3 Å². The molecule has 124 valence electrons. The summed E-state index contributed by atoms with van der Waals surface area (Å²) in [5, 5.41) is 5.07. The molecule has 1 atom stereocenters. The van der Waals surface area contributed by atoms with Crippen molar-refractivity contribution in [3.63, 3.8) is 0 Å². The first-order chi connectivity index (χ1) is 10.9. The van der Waals surface area contributed by atoms with Crippen LogP contribution in [0, 0.1) is 0 Å². The van der Waals surface area contributed by atoms with Gasteiger partial charge in [0.05, 0.1) is 6.61 Å². The van der Waals surface area contributed by atoms with Gasteiger partial charge in [0.2, 0.25) is 0 Å². The van der Waals surface area contributed by atoms with E-state index in [1.807, 2.05) is 6.07 Å². The predicted octanol–water partition coefficient (Wildman–Crippen LogP) is 2.47. The van der Waals surface area contributed by atoms with E-state index in [0.29, 0.717) is 5.56 Å². The number of thiocarbonyl (C=S) groups is 1. The molecule has 7 heteroatoms. The summed E-state index contributed by atoms with van der Waals surface area (Å²) in [5.41, 5.74) is 1.38. The average molecular weight is 336 g/mol. The highest BCUT2D eigenvalue weighted by atomic mass is 32.1. The highest BCUT2D eigenvalue weighted by Gasteiger charge is 2.23. The van der Waals surface area contributed by atoms with E-state index in [9.17, 15) is 9.59 Å². The lowest BCUT2D eigenvalue weighted by Crippen LogP contribution is -2.44. The number of amides is 1. The van der Waals surface area contributed by atoms with Crippen molar-refractivity contribution in [1.82, 2.24) is 10.6 Å². The molecule has 0 aliphatic heterocycles. The van der Waals surface area contributed by atoms with Crippen molar-refractivity contribution in [2.24, 2.45) is 0 Å². The standard InChI is InChI=1S/C16H20N2O4S/c1-4-21-16(20)18-15(23)17-13(12-8-6-5-7-9-12)14(19)22-10-11(2)3/h5-9,13H,2,4,10H2,1,3H3,(H2,17,18,20,23). The maximum Gasteiger partial charge on any atom is 0.413 e. The van der Waals surface area contributed by atoms with Crippen LogP contribution >= 0.6 is 12.2 Å². The van der Waals surface area contributed by atoms with Gasteiger partial charge >= 0.3 is 12.1 Å². The molecule has 0 radical (unpaired) electrons. The third-order valence-electron chi connectivity index (χ3n) is 2.60. The van der Waals surface area contributed by atoms with Crippen molar-refractivity contribution in [3.05, 3.63) is 48.0 Å². The van der Waals surface area contributed by atoms with Crippen LogP contribution in [0.4, 0.5) is 4.79 Å². The van der Waals surface area contributed by atoms with Crippen LogP contribution in [0.25, 0.3) is 0 Å². The Labute approximate surface area is 140 Å². The van der Waals surface area contributed by atoms with Gasteiger partial charge in [-0.25, -0.2) is 9.59 Å². The summed E-state index contributed by atoms with van der Waals surface area (Å²) in [7, 11) is 0. The maximum atomic E-state index is 12.3. The Morgan fingerprint density at radius 1 is 1.26 bits per heavy atom. The van der Waals surface area contributed by atoms with Crippen LogP contribution < -0.4 is 10.6 Å². The molecule has 23 heavy (non-hydrogen) atoms. The molecular formula is C16H20N2O4S. The summed E-state index contributed by atoms with van der Waals surface area (Å²) in [6.07, 6.45) is -0.688. The summed E-state index contributed by atoms with van der Waals surface area (Å²) in [6.45, 7) is 7.45. The predicted molar refractivity (Wildman–Crippen MR) is 90.8 cm³/mol. The molecule has 1 aromatic carbocycles. The van der Waals surface area contributed by atoms with E-state index in [-0.39, 0.29) is 18.3 Å². The van der Waals surface area contributed by atoms with Crippen molar-refractivity contribution in [3.8, 4) is 0 Å². The molecule has 0 fully saturated rings. The number of nitrogens with one attached hydrogen (secondary N) is 2. The first-order valence-electron chi connectivity index (χ1n) is 7.04. The number of esters is 1. The summed E-state index contributed by atoms with van der Waals surface area (Å²) in [4.78, 5) is 23.6. The Kier molecular flexibility index (Phi) is 7.76. The molecule has 1 unspecified atom stereocenters. The maximum absolute atomic E-state index is 12.3. The van der Waals surface area contributed by atoms with Crippen molar-refractivity contribution in [1.29, 1.82) is 0 Å². The van der Waals surface area contributed by atoms with Gasteiger partial charge in [-0.1, -0.05) is 36.9 Å². The molecule has 0 heterocycles. The average Bonchev–Trinajstić information content (AvgIpc) is 2.51. The second kappa shape index (κ2) is 9.58.